The summed E-state index contributed by atoms with van der Waals surface area (Å²) in [4.78, 5) is 16.4. The highest BCUT2D eigenvalue weighted by molar-refractivity contribution is 5.85. The molecule has 2 N–H and O–H groups in total. The third kappa shape index (κ3) is 5.44. The Morgan fingerprint density at radius 2 is 1.78 bits per heavy atom. The van der Waals surface area contributed by atoms with E-state index in [1.54, 1.807) is 7.11 Å². The van der Waals surface area contributed by atoms with Gasteiger partial charge in [0, 0.05) is 37.9 Å². The van der Waals surface area contributed by atoms with E-state index in [2.05, 4.69) is 11.0 Å². The van der Waals surface area contributed by atoms with E-state index in [4.69, 9.17) is 10.5 Å². The van der Waals surface area contributed by atoms with Crippen LogP contribution in [0.15, 0.2) is 24.3 Å². The van der Waals surface area contributed by atoms with Crippen molar-refractivity contribution in [3.05, 3.63) is 24.3 Å². The molecule has 5 nitrogen and oxygen atoms in total. The Balaban J connectivity index is 0.00000242. The van der Waals surface area contributed by atoms with Crippen molar-refractivity contribution in [3.63, 3.8) is 0 Å². The lowest BCUT2D eigenvalue weighted by molar-refractivity contribution is -0.133. The Morgan fingerprint density at radius 1 is 1.17 bits per heavy atom. The zero-order valence-corrected chi connectivity index (χ0v) is 15.5. The van der Waals surface area contributed by atoms with Gasteiger partial charge >= 0.3 is 0 Å². The van der Waals surface area contributed by atoms with Gasteiger partial charge in [-0.25, -0.2) is 0 Å². The number of hydrogen-bond acceptors (Lipinski definition) is 4. The molecule has 1 aliphatic heterocycles. The van der Waals surface area contributed by atoms with Crippen LogP contribution >= 0.6 is 24.8 Å². The first kappa shape index (κ1) is 21.8. The monoisotopic (exact) mass is 363 g/mol. The first-order chi connectivity index (χ1) is 10.0. The lowest BCUT2D eigenvalue weighted by Crippen LogP contribution is -2.54. The number of halogens is 2. The molecule has 132 valence electrons. The molecule has 1 saturated heterocycles. The lowest BCUT2D eigenvalue weighted by Gasteiger charge is -2.37. The number of methoxy groups -OCH3 is 1. The van der Waals surface area contributed by atoms with Crippen molar-refractivity contribution in [2.24, 2.45) is 11.7 Å². The number of nitrogens with zero attached hydrogens (tertiary/aromatic N) is 2. The molecule has 0 unspecified atom stereocenters. The van der Waals surface area contributed by atoms with Crippen molar-refractivity contribution in [2.75, 3.05) is 38.2 Å². The molecular weight excluding hydrogens is 337 g/mol. The number of rotatable bonds is 4. The summed E-state index contributed by atoms with van der Waals surface area (Å²) in [6.07, 6.45) is 0. The van der Waals surface area contributed by atoms with Crippen LogP contribution in [0.2, 0.25) is 0 Å². The van der Waals surface area contributed by atoms with Gasteiger partial charge in [0.1, 0.15) is 5.75 Å². The van der Waals surface area contributed by atoms with Gasteiger partial charge in [-0.15, -0.1) is 24.8 Å². The molecule has 1 atom stereocenters. The number of nitrogens with two attached hydrogens (primary N) is 1. The van der Waals surface area contributed by atoms with Crippen LogP contribution in [0, 0.1) is 5.92 Å². The van der Waals surface area contributed by atoms with Crippen LogP contribution in [0.1, 0.15) is 13.8 Å². The van der Waals surface area contributed by atoms with Crippen LogP contribution in [0.4, 0.5) is 5.69 Å². The number of piperazine rings is 1. The Kier molecular flexibility index (Phi) is 9.35. The van der Waals surface area contributed by atoms with Gasteiger partial charge in [0.2, 0.25) is 5.91 Å². The average Bonchev–Trinajstić information content (AvgIpc) is 2.53. The van der Waals surface area contributed by atoms with E-state index < -0.39 is 6.04 Å². The number of carbonyl (C=O) groups is 1. The Morgan fingerprint density at radius 3 is 2.30 bits per heavy atom. The fraction of sp³-hybridized carbons (Fsp3) is 0.562. The van der Waals surface area contributed by atoms with Crippen LogP contribution in [-0.2, 0) is 4.79 Å². The van der Waals surface area contributed by atoms with Gasteiger partial charge in [0.05, 0.1) is 13.2 Å². The highest BCUT2D eigenvalue weighted by atomic mass is 35.5. The number of ether oxygens (including phenoxy) is 1. The third-order valence-electron chi connectivity index (χ3n) is 4.01. The molecule has 0 bridgehead atoms. The number of anilines is 1. The molecule has 0 aliphatic carbocycles. The summed E-state index contributed by atoms with van der Waals surface area (Å²) in [7, 11) is 1.67. The fourth-order valence-electron chi connectivity index (χ4n) is 2.49. The molecule has 1 amide bonds. The zero-order valence-electron chi connectivity index (χ0n) is 13.9. The van der Waals surface area contributed by atoms with Crippen LogP contribution in [0.25, 0.3) is 0 Å². The van der Waals surface area contributed by atoms with E-state index in [1.165, 1.54) is 0 Å². The summed E-state index contributed by atoms with van der Waals surface area (Å²) in [5.74, 6) is 1.09. The van der Waals surface area contributed by atoms with Crippen LogP contribution in [0.5, 0.6) is 5.75 Å². The summed E-state index contributed by atoms with van der Waals surface area (Å²) >= 11 is 0. The molecule has 1 aliphatic rings. The van der Waals surface area contributed by atoms with E-state index in [0.29, 0.717) is 0 Å². The van der Waals surface area contributed by atoms with E-state index in [0.717, 1.165) is 37.6 Å². The summed E-state index contributed by atoms with van der Waals surface area (Å²) in [6.45, 7) is 7.05. The summed E-state index contributed by atoms with van der Waals surface area (Å²) in [5.41, 5.74) is 7.09. The minimum absolute atomic E-state index is 0. The van der Waals surface area contributed by atoms with Crippen LogP contribution in [-0.4, -0.2) is 50.1 Å². The molecule has 0 saturated carbocycles. The molecule has 0 radical (unpaired) electrons. The minimum Gasteiger partial charge on any atom is -0.497 e. The maximum atomic E-state index is 12.2. The number of hydrogen-bond donors (Lipinski definition) is 1. The first-order valence-corrected chi connectivity index (χ1v) is 7.46. The van der Waals surface area contributed by atoms with Crippen LogP contribution in [0.3, 0.4) is 0 Å². The molecule has 1 heterocycles. The van der Waals surface area contributed by atoms with Crippen molar-refractivity contribution in [1.82, 2.24) is 4.90 Å². The second-order valence-electron chi connectivity index (χ2n) is 5.78. The maximum Gasteiger partial charge on any atom is 0.239 e. The van der Waals surface area contributed by atoms with Gasteiger partial charge in [-0.3, -0.25) is 4.79 Å². The number of benzene rings is 1. The van der Waals surface area contributed by atoms with E-state index in [9.17, 15) is 4.79 Å². The Hall–Kier alpha value is -1.17. The smallest absolute Gasteiger partial charge is 0.239 e. The largest absolute Gasteiger partial charge is 0.497 e. The van der Waals surface area contributed by atoms with E-state index >= 15 is 0 Å². The second kappa shape index (κ2) is 9.85. The van der Waals surface area contributed by atoms with Crippen molar-refractivity contribution >= 4 is 36.4 Å². The molecule has 0 spiro atoms. The number of amides is 1. The Bertz CT molecular complexity index is 492. The lowest BCUT2D eigenvalue weighted by atomic mass is 10.0. The molecular formula is C16H27Cl2N3O2. The standard InChI is InChI=1S/C16H25N3O2.2ClH/c1-12(2)15(17)16(20)19-9-7-18(8-10-19)13-5-4-6-14(11-13)21-3;;/h4-6,11-12,15H,7-10,17H2,1-3H3;2*1H/t15-;;/m1../s1. The van der Waals surface area contributed by atoms with Gasteiger partial charge < -0.3 is 20.3 Å². The average molecular weight is 364 g/mol. The van der Waals surface area contributed by atoms with Crippen LogP contribution < -0.4 is 15.4 Å². The molecule has 1 fully saturated rings. The van der Waals surface area contributed by atoms with Crippen molar-refractivity contribution in [1.29, 1.82) is 0 Å². The predicted octanol–water partition coefficient (Wildman–Crippen LogP) is 2.17. The zero-order chi connectivity index (χ0) is 15.4. The van der Waals surface area contributed by atoms with Crippen molar-refractivity contribution in [2.45, 2.75) is 19.9 Å². The molecule has 0 aromatic heterocycles. The number of carbonyl (C=O) groups excluding carboxylic acids is 1. The van der Waals surface area contributed by atoms with Gasteiger partial charge in [0.25, 0.3) is 0 Å². The van der Waals surface area contributed by atoms with E-state index in [-0.39, 0.29) is 36.6 Å². The normalized spacial score (nSPS) is 15.5. The van der Waals surface area contributed by atoms with E-state index in [1.807, 2.05) is 36.9 Å². The molecule has 2 rings (SSSR count). The van der Waals surface area contributed by atoms with Gasteiger partial charge in [-0.1, -0.05) is 19.9 Å². The molecule has 1 aromatic carbocycles. The minimum atomic E-state index is -0.395. The molecule has 23 heavy (non-hydrogen) atoms. The second-order valence-corrected chi connectivity index (χ2v) is 5.78. The highest BCUT2D eigenvalue weighted by Crippen LogP contribution is 2.22. The molecule has 7 heteroatoms. The van der Waals surface area contributed by atoms with Gasteiger partial charge in [-0.2, -0.15) is 0 Å². The predicted molar refractivity (Wildman–Crippen MR) is 99.1 cm³/mol. The highest BCUT2D eigenvalue weighted by Gasteiger charge is 2.26. The summed E-state index contributed by atoms with van der Waals surface area (Å²) in [5, 5.41) is 0. The molecule has 1 aromatic rings. The van der Waals surface area contributed by atoms with Crippen molar-refractivity contribution in [3.8, 4) is 5.75 Å². The SMILES string of the molecule is COc1cccc(N2CCN(C(=O)[C@H](N)C(C)C)CC2)c1.Cl.Cl. The maximum absolute atomic E-state index is 12.2. The summed E-state index contributed by atoms with van der Waals surface area (Å²) < 4.78 is 5.26. The first-order valence-electron chi connectivity index (χ1n) is 7.46. The van der Waals surface area contributed by atoms with Gasteiger partial charge in [-0.05, 0) is 18.1 Å². The third-order valence-corrected chi connectivity index (χ3v) is 4.01. The van der Waals surface area contributed by atoms with Crippen molar-refractivity contribution < 1.29 is 9.53 Å². The Labute approximate surface area is 151 Å². The summed E-state index contributed by atoms with van der Waals surface area (Å²) in [6, 6.07) is 7.62. The quantitative estimate of drug-likeness (QED) is 0.890. The van der Waals surface area contributed by atoms with Gasteiger partial charge in [0.15, 0.2) is 0 Å². The fourth-order valence-corrected chi connectivity index (χ4v) is 2.49. The topological polar surface area (TPSA) is 58.8 Å².